The summed E-state index contributed by atoms with van der Waals surface area (Å²) in [5.41, 5.74) is 6.88. The quantitative estimate of drug-likeness (QED) is 0.484. The average Bonchev–Trinajstić information content (AvgIpc) is 3.54. The van der Waals surface area contributed by atoms with Crippen LogP contribution in [0.1, 0.15) is 24.8 Å². The van der Waals surface area contributed by atoms with Gasteiger partial charge in [0.05, 0.1) is 12.7 Å². The Morgan fingerprint density at radius 3 is 2.56 bits per heavy atom. The van der Waals surface area contributed by atoms with Crippen LogP contribution < -0.4 is 10.6 Å². The van der Waals surface area contributed by atoms with Crippen LogP contribution in [0.2, 0.25) is 5.02 Å². The average molecular weight is 572 g/mol. The maximum absolute atomic E-state index is 12.6. The molecule has 1 aromatic heterocycles. The van der Waals surface area contributed by atoms with Crippen LogP contribution >= 0.6 is 11.6 Å². The summed E-state index contributed by atoms with van der Waals surface area (Å²) in [6, 6.07) is 8.37. The molecule has 0 amide bonds. The third-order valence-corrected chi connectivity index (χ3v) is 7.95. The number of piperidine rings is 1. The number of likely N-dealkylation sites (tertiary alicyclic amines) is 1. The number of nitrogens with two attached hydrogens (primary N) is 1. The van der Waals surface area contributed by atoms with E-state index < -0.39 is 18.2 Å². The van der Waals surface area contributed by atoms with Crippen molar-refractivity contribution in [2.24, 2.45) is 0 Å². The van der Waals surface area contributed by atoms with Crippen LogP contribution in [0.4, 0.5) is 25.1 Å². The highest BCUT2D eigenvalue weighted by Gasteiger charge is 2.43. The molecule has 0 unspecified atom stereocenters. The number of halogens is 4. The monoisotopic (exact) mass is 571 g/mol. The number of esters is 1. The molecule has 0 aliphatic carbocycles. The van der Waals surface area contributed by atoms with Crippen LogP contribution in [0.5, 0.6) is 0 Å². The fourth-order valence-electron chi connectivity index (χ4n) is 5.78. The SMILES string of the molecule is Nc1nc(N2CCC(N3C[C@H](CN4CC[C@H](OC(=O)C(F)(F)F)C4)OC[C@@H]3Cc3ccc(Cl)cc3)CC2)n[nH]1. The van der Waals surface area contributed by atoms with E-state index in [-0.39, 0.29) is 18.7 Å². The first-order valence-electron chi connectivity index (χ1n) is 13.2. The highest BCUT2D eigenvalue weighted by atomic mass is 35.5. The van der Waals surface area contributed by atoms with Gasteiger partial charge in [-0.15, -0.1) is 5.10 Å². The minimum atomic E-state index is -4.98. The van der Waals surface area contributed by atoms with Crippen LogP contribution in [0.3, 0.4) is 0 Å². The number of aromatic amines is 1. The van der Waals surface area contributed by atoms with Gasteiger partial charge in [-0.3, -0.25) is 9.80 Å². The molecule has 4 heterocycles. The van der Waals surface area contributed by atoms with Gasteiger partial charge in [0.25, 0.3) is 0 Å². The van der Waals surface area contributed by atoms with E-state index in [2.05, 4.69) is 29.7 Å². The summed E-state index contributed by atoms with van der Waals surface area (Å²) in [5.74, 6) is -1.22. The van der Waals surface area contributed by atoms with Gasteiger partial charge in [-0.2, -0.15) is 18.2 Å². The number of nitrogens with zero attached hydrogens (tertiary/aromatic N) is 5. The van der Waals surface area contributed by atoms with Crippen LogP contribution in [0.25, 0.3) is 0 Å². The fraction of sp³-hybridized carbons (Fsp3) is 0.640. The van der Waals surface area contributed by atoms with Gasteiger partial charge < -0.3 is 20.1 Å². The Balaban J connectivity index is 1.20. The van der Waals surface area contributed by atoms with Gasteiger partial charge in [0.1, 0.15) is 6.10 Å². The molecule has 3 saturated heterocycles. The van der Waals surface area contributed by atoms with Crippen LogP contribution in [0, 0.1) is 0 Å². The van der Waals surface area contributed by atoms with Gasteiger partial charge in [0.15, 0.2) is 0 Å². The van der Waals surface area contributed by atoms with Crippen molar-refractivity contribution < 1.29 is 27.4 Å². The number of nitrogen functional groups attached to an aromatic ring is 1. The number of carbonyl (C=O) groups excluding carboxylic acids is 1. The summed E-state index contributed by atoms with van der Waals surface area (Å²) >= 11 is 6.08. The molecule has 1 aromatic carbocycles. The molecular formula is C25H33ClF3N7O3. The van der Waals surface area contributed by atoms with Gasteiger partial charge >= 0.3 is 12.1 Å². The minimum absolute atomic E-state index is 0.102. The molecule has 0 saturated carbocycles. The molecule has 2 aromatic rings. The number of ether oxygens (including phenoxy) is 2. The molecule has 214 valence electrons. The topological polar surface area (TPSA) is 113 Å². The van der Waals surface area contributed by atoms with Gasteiger partial charge in [-0.05, 0) is 43.4 Å². The Bertz CT molecular complexity index is 1110. The Hall–Kier alpha value is -2.61. The minimum Gasteiger partial charge on any atom is -0.454 e. The summed E-state index contributed by atoms with van der Waals surface area (Å²) in [6.45, 7) is 4.26. The predicted octanol–water partition coefficient (Wildman–Crippen LogP) is 2.50. The smallest absolute Gasteiger partial charge is 0.454 e. The second kappa shape index (κ2) is 11.9. The molecule has 0 bridgehead atoms. The van der Waals surface area contributed by atoms with Crippen molar-refractivity contribution in [3.63, 3.8) is 0 Å². The molecule has 3 aliphatic heterocycles. The Morgan fingerprint density at radius 2 is 1.90 bits per heavy atom. The summed E-state index contributed by atoms with van der Waals surface area (Å²) in [4.78, 5) is 22.2. The van der Waals surface area contributed by atoms with E-state index in [0.717, 1.165) is 32.4 Å². The van der Waals surface area contributed by atoms with Gasteiger partial charge in [0, 0.05) is 56.4 Å². The first-order valence-corrected chi connectivity index (χ1v) is 13.6. The molecular weight excluding hydrogens is 539 g/mol. The lowest BCUT2D eigenvalue weighted by atomic mass is 9.96. The number of morpholine rings is 1. The zero-order chi connectivity index (χ0) is 27.6. The second-order valence-electron chi connectivity index (χ2n) is 10.4. The zero-order valence-electron chi connectivity index (χ0n) is 21.4. The van der Waals surface area contributed by atoms with Crippen LogP contribution in [-0.4, -0.2) is 107 Å². The largest absolute Gasteiger partial charge is 0.490 e. The third-order valence-electron chi connectivity index (χ3n) is 7.70. The molecule has 14 heteroatoms. The molecule has 0 radical (unpaired) electrons. The number of hydrogen-bond donors (Lipinski definition) is 2. The van der Waals surface area contributed by atoms with E-state index in [1.807, 2.05) is 29.2 Å². The van der Waals surface area contributed by atoms with E-state index in [0.29, 0.717) is 55.6 Å². The lowest BCUT2D eigenvalue weighted by Crippen LogP contribution is -2.58. The van der Waals surface area contributed by atoms with Crippen LogP contribution in [-0.2, 0) is 20.7 Å². The lowest BCUT2D eigenvalue weighted by molar-refractivity contribution is -0.204. The summed E-state index contributed by atoms with van der Waals surface area (Å²) in [6.07, 6.45) is -2.79. The molecule has 3 atom stereocenters. The predicted molar refractivity (Wildman–Crippen MR) is 138 cm³/mol. The number of anilines is 2. The molecule has 10 nitrogen and oxygen atoms in total. The van der Waals surface area contributed by atoms with E-state index >= 15 is 0 Å². The standard InChI is InChI=1S/C25H33ClF3N7O3/c26-17-3-1-16(2-4-17)11-19-15-38-21(13-34-8-7-20(12-34)39-22(37)25(27,28)29)14-36(19)18-5-9-35(10-6-18)24-31-23(30)32-33-24/h1-4,18-21H,5-15H2,(H3,30,31,32,33)/t19-,20-,21-/m0/s1. The zero-order valence-corrected chi connectivity index (χ0v) is 22.2. The first kappa shape index (κ1) is 27.9. The summed E-state index contributed by atoms with van der Waals surface area (Å²) < 4.78 is 48.7. The normalized spacial score (nSPS) is 25.7. The van der Waals surface area contributed by atoms with E-state index in [4.69, 9.17) is 22.1 Å². The highest BCUT2D eigenvalue weighted by Crippen LogP contribution is 2.28. The summed E-state index contributed by atoms with van der Waals surface area (Å²) in [7, 11) is 0. The van der Waals surface area contributed by atoms with Crippen molar-refractivity contribution in [2.75, 3.05) is 56.5 Å². The van der Waals surface area contributed by atoms with Crippen molar-refractivity contribution >= 4 is 29.5 Å². The number of carbonyl (C=O) groups is 1. The maximum atomic E-state index is 12.6. The van der Waals surface area contributed by atoms with E-state index in [9.17, 15) is 18.0 Å². The Labute approximate surface area is 229 Å². The number of rotatable bonds is 7. The lowest BCUT2D eigenvalue weighted by Gasteiger charge is -2.47. The highest BCUT2D eigenvalue weighted by molar-refractivity contribution is 6.30. The molecule has 3 N–H and O–H groups in total. The molecule has 3 fully saturated rings. The number of alkyl halides is 3. The number of aromatic nitrogens is 3. The van der Waals surface area contributed by atoms with Crippen molar-refractivity contribution in [2.45, 2.75) is 56.2 Å². The van der Waals surface area contributed by atoms with Crippen molar-refractivity contribution in [1.29, 1.82) is 0 Å². The van der Waals surface area contributed by atoms with E-state index in [1.54, 1.807) is 0 Å². The van der Waals surface area contributed by atoms with E-state index in [1.165, 1.54) is 5.56 Å². The number of H-pyrrole nitrogens is 1. The third kappa shape index (κ3) is 7.13. The van der Waals surface area contributed by atoms with Gasteiger partial charge in [-0.1, -0.05) is 23.7 Å². The number of benzene rings is 1. The second-order valence-corrected chi connectivity index (χ2v) is 10.9. The molecule has 0 spiro atoms. The Morgan fingerprint density at radius 1 is 1.15 bits per heavy atom. The van der Waals surface area contributed by atoms with Crippen molar-refractivity contribution in [3.05, 3.63) is 34.9 Å². The number of hydrogen-bond acceptors (Lipinski definition) is 9. The van der Waals surface area contributed by atoms with Crippen LogP contribution in [0.15, 0.2) is 24.3 Å². The van der Waals surface area contributed by atoms with Crippen molar-refractivity contribution in [1.82, 2.24) is 25.0 Å². The van der Waals surface area contributed by atoms with Crippen molar-refractivity contribution in [3.8, 4) is 0 Å². The summed E-state index contributed by atoms with van der Waals surface area (Å²) in [5, 5.41) is 7.57. The maximum Gasteiger partial charge on any atom is 0.490 e. The molecule has 39 heavy (non-hydrogen) atoms. The van der Waals surface area contributed by atoms with Gasteiger partial charge in [-0.25, -0.2) is 9.89 Å². The molecule has 5 rings (SSSR count). The first-order chi connectivity index (χ1) is 18.6. The Kier molecular flexibility index (Phi) is 8.50. The fourth-order valence-corrected chi connectivity index (χ4v) is 5.90. The molecule has 3 aliphatic rings. The number of nitrogens with one attached hydrogen (secondary N) is 1. The van der Waals surface area contributed by atoms with Gasteiger partial charge in [0.2, 0.25) is 11.9 Å².